The standard InChI is InChI=1S/C29H35FN4O/c1-22(19-27-7-2-3-15-31-27)33-26-13-17-34(18-14-26)28-10-8-24(9-11-28)21-29(35)32-16-12-23-5-4-6-25(30)20-23/h2-11,15,20,22,26,33H,12-14,16-19,21H2,1H3,(H,32,35)/t22-/m0/s1. The molecule has 1 atom stereocenters. The molecular weight excluding hydrogens is 439 g/mol. The van der Waals surface area contributed by atoms with Gasteiger partial charge in [0.25, 0.3) is 0 Å². The molecule has 1 aliphatic heterocycles. The molecule has 0 radical (unpaired) electrons. The van der Waals surface area contributed by atoms with Gasteiger partial charge in [0.05, 0.1) is 6.42 Å². The number of carbonyl (C=O) groups is 1. The van der Waals surface area contributed by atoms with Crippen LogP contribution in [0.5, 0.6) is 0 Å². The van der Waals surface area contributed by atoms with Gasteiger partial charge < -0.3 is 15.5 Å². The zero-order chi connectivity index (χ0) is 24.5. The summed E-state index contributed by atoms with van der Waals surface area (Å²) < 4.78 is 13.3. The molecule has 2 N–H and O–H groups in total. The monoisotopic (exact) mass is 474 g/mol. The first-order valence-electron chi connectivity index (χ1n) is 12.6. The summed E-state index contributed by atoms with van der Waals surface area (Å²) in [6.07, 6.45) is 6.00. The van der Waals surface area contributed by atoms with Gasteiger partial charge >= 0.3 is 0 Å². The normalized spacial score (nSPS) is 15.1. The first-order valence-corrected chi connectivity index (χ1v) is 12.6. The molecule has 1 aliphatic rings. The van der Waals surface area contributed by atoms with E-state index in [1.165, 1.54) is 17.8 Å². The molecule has 0 saturated carbocycles. The summed E-state index contributed by atoms with van der Waals surface area (Å²) in [4.78, 5) is 19.1. The molecule has 1 fully saturated rings. The van der Waals surface area contributed by atoms with Gasteiger partial charge in [0, 0.05) is 55.7 Å². The molecule has 35 heavy (non-hydrogen) atoms. The zero-order valence-electron chi connectivity index (χ0n) is 20.4. The molecule has 184 valence electrons. The van der Waals surface area contributed by atoms with Crippen LogP contribution < -0.4 is 15.5 Å². The van der Waals surface area contributed by atoms with E-state index >= 15 is 0 Å². The number of carbonyl (C=O) groups excluding carboxylic acids is 1. The van der Waals surface area contributed by atoms with Crippen molar-refractivity contribution >= 4 is 11.6 Å². The summed E-state index contributed by atoms with van der Waals surface area (Å²) in [5.74, 6) is -0.259. The van der Waals surface area contributed by atoms with Gasteiger partial charge in [0.1, 0.15) is 5.82 Å². The van der Waals surface area contributed by atoms with Crippen LogP contribution in [-0.4, -0.2) is 42.6 Å². The van der Waals surface area contributed by atoms with E-state index in [0.717, 1.165) is 49.2 Å². The third kappa shape index (κ3) is 7.89. The van der Waals surface area contributed by atoms with E-state index < -0.39 is 0 Å². The second kappa shape index (κ2) is 12.5. The van der Waals surface area contributed by atoms with Crippen molar-refractivity contribution in [3.8, 4) is 0 Å². The molecule has 0 spiro atoms. The number of benzene rings is 2. The number of aromatic nitrogens is 1. The molecule has 1 aromatic heterocycles. The SMILES string of the molecule is C[C@@H](Cc1ccccn1)NC1CCN(c2ccc(CC(=O)NCCc3cccc(F)c3)cc2)CC1. The maximum absolute atomic E-state index is 13.3. The number of halogens is 1. The number of amides is 1. The predicted octanol–water partition coefficient (Wildman–Crippen LogP) is 4.31. The van der Waals surface area contributed by atoms with E-state index in [0.29, 0.717) is 31.5 Å². The molecule has 3 aromatic rings. The van der Waals surface area contributed by atoms with E-state index in [-0.39, 0.29) is 11.7 Å². The van der Waals surface area contributed by atoms with Crippen molar-refractivity contribution in [3.63, 3.8) is 0 Å². The fourth-order valence-corrected chi connectivity index (χ4v) is 4.71. The zero-order valence-corrected chi connectivity index (χ0v) is 20.4. The third-order valence-corrected chi connectivity index (χ3v) is 6.55. The molecule has 4 rings (SSSR count). The van der Waals surface area contributed by atoms with Crippen molar-refractivity contribution < 1.29 is 9.18 Å². The Labute approximate surface area is 207 Å². The Bertz CT molecular complexity index is 1070. The highest BCUT2D eigenvalue weighted by atomic mass is 19.1. The Kier molecular flexibility index (Phi) is 8.85. The lowest BCUT2D eigenvalue weighted by molar-refractivity contribution is -0.120. The van der Waals surface area contributed by atoms with Crippen LogP contribution in [0, 0.1) is 5.82 Å². The van der Waals surface area contributed by atoms with Gasteiger partial charge in [0.15, 0.2) is 0 Å². The molecular formula is C29H35FN4O. The predicted molar refractivity (Wildman–Crippen MR) is 139 cm³/mol. The molecule has 1 saturated heterocycles. The summed E-state index contributed by atoms with van der Waals surface area (Å²) in [6, 6.07) is 21.8. The lowest BCUT2D eigenvalue weighted by Gasteiger charge is -2.35. The van der Waals surface area contributed by atoms with Gasteiger partial charge in [-0.2, -0.15) is 0 Å². The van der Waals surface area contributed by atoms with Gasteiger partial charge in [-0.25, -0.2) is 4.39 Å². The van der Waals surface area contributed by atoms with Crippen LogP contribution in [0.2, 0.25) is 0 Å². The van der Waals surface area contributed by atoms with Crippen molar-refractivity contribution in [3.05, 3.63) is 95.6 Å². The average Bonchev–Trinajstić information content (AvgIpc) is 2.86. The van der Waals surface area contributed by atoms with Crippen LogP contribution in [0.3, 0.4) is 0 Å². The summed E-state index contributed by atoms with van der Waals surface area (Å²) in [6.45, 7) is 4.78. The third-order valence-electron chi connectivity index (χ3n) is 6.55. The van der Waals surface area contributed by atoms with E-state index in [4.69, 9.17) is 0 Å². The molecule has 0 aliphatic carbocycles. The van der Waals surface area contributed by atoms with E-state index in [1.807, 2.05) is 36.5 Å². The van der Waals surface area contributed by atoms with Gasteiger partial charge in [-0.05, 0) is 73.7 Å². The number of anilines is 1. The van der Waals surface area contributed by atoms with Gasteiger partial charge in [-0.15, -0.1) is 0 Å². The molecule has 5 nitrogen and oxygen atoms in total. The smallest absolute Gasteiger partial charge is 0.224 e. The molecule has 0 bridgehead atoms. The summed E-state index contributed by atoms with van der Waals surface area (Å²) in [5, 5.41) is 6.70. The first-order chi connectivity index (χ1) is 17.0. The number of nitrogens with one attached hydrogen (secondary N) is 2. The summed E-state index contributed by atoms with van der Waals surface area (Å²) >= 11 is 0. The highest BCUT2D eigenvalue weighted by Crippen LogP contribution is 2.21. The minimum atomic E-state index is -0.246. The lowest BCUT2D eigenvalue weighted by Crippen LogP contribution is -2.46. The Hall–Kier alpha value is -3.25. The van der Waals surface area contributed by atoms with Gasteiger partial charge in [-0.3, -0.25) is 9.78 Å². The minimum absolute atomic E-state index is 0.0131. The number of nitrogens with zero attached hydrogens (tertiary/aromatic N) is 2. The second-order valence-corrected chi connectivity index (χ2v) is 9.43. The minimum Gasteiger partial charge on any atom is -0.371 e. The lowest BCUT2D eigenvalue weighted by atomic mass is 10.0. The molecule has 1 amide bonds. The van der Waals surface area contributed by atoms with E-state index in [9.17, 15) is 9.18 Å². The van der Waals surface area contributed by atoms with Gasteiger partial charge in [-0.1, -0.05) is 30.3 Å². The van der Waals surface area contributed by atoms with Crippen molar-refractivity contribution in [2.75, 3.05) is 24.5 Å². The number of hydrogen-bond acceptors (Lipinski definition) is 4. The van der Waals surface area contributed by atoms with E-state index in [2.05, 4.69) is 45.6 Å². The van der Waals surface area contributed by atoms with Crippen molar-refractivity contribution in [2.24, 2.45) is 0 Å². The highest BCUT2D eigenvalue weighted by molar-refractivity contribution is 5.78. The van der Waals surface area contributed by atoms with Crippen LogP contribution in [0.25, 0.3) is 0 Å². The molecule has 2 heterocycles. The molecule has 2 aromatic carbocycles. The highest BCUT2D eigenvalue weighted by Gasteiger charge is 2.21. The molecule has 0 unspecified atom stereocenters. The van der Waals surface area contributed by atoms with Gasteiger partial charge in [0.2, 0.25) is 5.91 Å². The fraction of sp³-hybridized carbons (Fsp3) is 0.379. The van der Waals surface area contributed by atoms with Crippen LogP contribution in [0.15, 0.2) is 72.9 Å². The summed E-state index contributed by atoms with van der Waals surface area (Å²) in [7, 11) is 0. The van der Waals surface area contributed by atoms with Crippen LogP contribution >= 0.6 is 0 Å². The number of pyridine rings is 1. The Morgan fingerprint density at radius 3 is 2.57 bits per heavy atom. The summed E-state index contributed by atoms with van der Waals surface area (Å²) in [5.41, 5.74) is 4.22. The topological polar surface area (TPSA) is 57.3 Å². The Morgan fingerprint density at radius 2 is 1.86 bits per heavy atom. The van der Waals surface area contributed by atoms with Crippen molar-refractivity contribution in [1.29, 1.82) is 0 Å². The first kappa shape index (κ1) is 24.9. The Morgan fingerprint density at radius 1 is 1.06 bits per heavy atom. The van der Waals surface area contributed by atoms with E-state index in [1.54, 1.807) is 6.07 Å². The number of hydrogen-bond donors (Lipinski definition) is 2. The fourth-order valence-electron chi connectivity index (χ4n) is 4.71. The van der Waals surface area contributed by atoms with Crippen LogP contribution in [0.1, 0.15) is 36.6 Å². The van der Waals surface area contributed by atoms with Crippen molar-refractivity contribution in [2.45, 2.75) is 51.1 Å². The van der Waals surface area contributed by atoms with Crippen molar-refractivity contribution in [1.82, 2.24) is 15.6 Å². The number of piperidine rings is 1. The maximum atomic E-state index is 13.3. The number of rotatable bonds is 10. The second-order valence-electron chi connectivity index (χ2n) is 9.43. The van der Waals surface area contributed by atoms with Crippen LogP contribution in [0.4, 0.5) is 10.1 Å². The largest absolute Gasteiger partial charge is 0.371 e. The molecule has 6 heteroatoms. The average molecular weight is 475 g/mol. The quantitative estimate of drug-likeness (QED) is 0.460. The van der Waals surface area contributed by atoms with Crippen LogP contribution in [-0.2, 0) is 24.1 Å². The maximum Gasteiger partial charge on any atom is 0.224 e. The Balaban J connectivity index is 1.17.